The van der Waals surface area contributed by atoms with Gasteiger partial charge in [-0.25, -0.2) is 0 Å². The van der Waals surface area contributed by atoms with Crippen molar-refractivity contribution in [2.45, 2.75) is 31.1 Å². The van der Waals surface area contributed by atoms with E-state index in [-0.39, 0.29) is 11.3 Å². The highest BCUT2D eigenvalue weighted by Crippen LogP contribution is 2.31. The second-order valence-electron chi connectivity index (χ2n) is 8.56. The van der Waals surface area contributed by atoms with Gasteiger partial charge < -0.3 is 15.1 Å². The van der Waals surface area contributed by atoms with Gasteiger partial charge in [0, 0.05) is 36.1 Å². The zero-order valence-corrected chi connectivity index (χ0v) is 19.2. The van der Waals surface area contributed by atoms with Crippen molar-refractivity contribution in [1.82, 2.24) is 4.90 Å². The Kier molecular flexibility index (Phi) is 7.14. The van der Waals surface area contributed by atoms with E-state index in [0.717, 1.165) is 42.4 Å². The van der Waals surface area contributed by atoms with Gasteiger partial charge >= 0.3 is 0 Å². The van der Waals surface area contributed by atoms with Crippen LogP contribution < -0.4 is 10.2 Å². The first-order chi connectivity index (χ1) is 13.7. The van der Waals surface area contributed by atoms with Crippen molar-refractivity contribution >= 4 is 40.6 Å². The molecule has 6 heteroatoms. The minimum Gasteiger partial charge on any atom is -0.367 e. The lowest BCUT2D eigenvalue weighted by molar-refractivity contribution is -0.113. The van der Waals surface area contributed by atoms with Crippen LogP contribution in [0.1, 0.15) is 26.3 Å². The minimum absolute atomic E-state index is 0.0208. The third-order valence-electron chi connectivity index (χ3n) is 5.17. The largest absolute Gasteiger partial charge is 0.367 e. The van der Waals surface area contributed by atoms with Crippen LogP contribution in [0.2, 0.25) is 5.02 Å². The predicted octanol–water partition coefficient (Wildman–Crippen LogP) is 5.12. The van der Waals surface area contributed by atoms with Crippen LogP contribution in [0.5, 0.6) is 0 Å². The summed E-state index contributed by atoms with van der Waals surface area (Å²) >= 11 is 7.75. The summed E-state index contributed by atoms with van der Waals surface area (Å²) in [6, 6.07) is 14.2. The molecule has 156 valence electrons. The summed E-state index contributed by atoms with van der Waals surface area (Å²) in [5.41, 5.74) is 3.25. The average Bonchev–Trinajstić information content (AvgIpc) is 2.67. The zero-order valence-electron chi connectivity index (χ0n) is 17.7. The number of rotatable bonds is 5. The molecule has 1 aliphatic heterocycles. The fourth-order valence-corrected chi connectivity index (χ4v) is 4.19. The maximum absolute atomic E-state index is 12.6. The minimum atomic E-state index is -0.0208. The van der Waals surface area contributed by atoms with Gasteiger partial charge in [0.15, 0.2) is 0 Å². The second kappa shape index (κ2) is 9.41. The van der Waals surface area contributed by atoms with E-state index in [9.17, 15) is 4.79 Å². The number of nitrogens with one attached hydrogen (secondary N) is 1. The van der Waals surface area contributed by atoms with Crippen LogP contribution in [0, 0.1) is 0 Å². The Morgan fingerprint density at radius 1 is 1.07 bits per heavy atom. The van der Waals surface area contributed by atoms with Gasteiger partial charge in [-0.05, 0) is 48.4 Å². The van der Waals surface area contributed by atoms with Crippen LogP contribution in [0.25, 0.3) is 0 Å². The summed E-state index contributed by atoms with van der Waals surface area (Å²) in [5, 5.41) is 3.69. The summed E-state index contributed by atoms with van der Waals surface area (Å²) in [6.45, 7) is 10.5. The number of thioether (sulfide) groups is 1. The lowest BCUT2D eigenvalue weighted by atomic mass is 9.87. The molecule has 0 aliphatic carbocycles. The highest BCUT2D eigenvalue weighted by molar-refractivity contribution is 8.00. The molecular formula is C23H30ClN3OS. The lowest BCUT2D eigenvalue weighted by Crippen LogP contribution is -2.44. The van der Waals surface area contributed by atoms with E-state index >= 15 is 0 Å². The number of benzene rings is 2. The number of amides is 1. The first kappa shape index (κ1) is 22.0. The van der Waals surface area contributed by atoms with Crippen molar-refractivity contribution in [3.63, 3.8) is 0 Å². The van der Waals surface area contributed by atoms with Crippen LogP contribution in [-0.4, -0.2) is 49.8 Å². The maximum atomic E-state index is 12.6. The number of carbonyl (C=O) groups is 1. The maximum Gasteiger partial charge on any atom is 0.234 e. The van der Waals surface area contributed by atoms with Crippen molar-refractivity contribution < 1.29 is 4.79 Å². The average molecular weight is 432 g/mol. The van der Waals surface area contributed by atoms with Gasteiger partial charge in [0.05, 0.1) is 17.1 Å². The summed E-state index contributed by atoms with van der Waals surface area (Å²) < 4.78 is 0. The normalized spacial score (nSPS) is 15.4. The molecule has 0 atom stereocenters. The Morgan fingerprint density at radius 2 is 1.72 bits per heavy atom. The Bertz CT molecular complexity index is 840. The quantitative estimate of drug-likeness (QED) is 0.666. The fraction of sp³-hybridized carbons (Fsp3) is 0.435. The fourth-order valence-electron chi connectivity index (χ4n) is 3.32. The molecule has 2 aromatic carbocycles. The van der Waals surface area contributed by atoms with E-state index in [2.05, 4.69) is 67.2 Å². The number of anilines is 2. The molecule has 1 heterocycles. The molecule has 0 spiro atoms. The SMILES string of the molecule is CN1CCN(c2ccc(Cl)cc2NC(=O)CSc2ccc(C(C)(C)C)cc2)CC1. The molecule has 1 fully saturated rings. The molecule has 1 aliphatic rings. The topological polar surface area (TPSA) is 35.6 Å². The number of likely N-dealkylation sites (N-methyl/N-ethyl adjacent to an activating group) is 1. The molecule has 29 heavy (non-hydrogen) atoms. The van der Waals surface area contributed by atoms with E-state index in [1.165, 1.54) is 5.56 Å². The smallest absolute Gasteiger partial charge is 0.234 e. The zero-order chi connectivity index (χ0) is 21.0. The lowest BCUT2D eigenvalue weighted by Gasteiger charge is -2.35. The Labute approximate surface area is 183 Å². The van der Waals surface area contributed by atoms with E-state index in [1.807, 2.05) is 18.2 Å². The van der Waals surface area contributed by atoms with Gasteiger partial charge in [-0.15, -0.1) is 11.8 Å². The standard InChI is InChI=1S/C23H30ClN3OS/c1-23(2,3)17-5-8-19(9-6-17)29-16-22(28)25-20-15-18(24)7-10-21(20)27-13-11-26(4)12-14-27/h5-10,15H,11-14,16H2,1-4H3,(H,25,28). The van der Waals surface area contributed by atoms with Gasteiger partial charge in [0.1, 0.15) is 0 Å². The van der Waals surface area contributed by atoms with Gasteiger partial charge in [-0.3, -0.25) is 4.79 Å². The first-order valence-electron chi connectivity index (χ1n) is 9.98. The van der Waals surface area contributed by atoms with E-state index in [4.69, 9.17) is 11.6 Å². The number of hydrogen-bond donors (Lipinski definition) is 1. The number of carbonyl (C=O) groups excluding carboxylic acids is 1. The Morgan fingerprint density at radius 3 is 2.34 bits per heavy atom. The first-order valence-corrected chi connectivity index (χ1v) is 11.3. The van der Waals surface area contributed by atoms with Crippen LogP contribution >= 0.6 is 23.4 Å². The Hall–Kier alpha value is -1.69. The van der Waals surface area contributed by atoms with Crippen molar-refractivity contribution in [3.05, 3.63) is 53.1 Å². The van der Waals surface area contributed by atoms with E-state index < -0.39 is 0 Å². The summed E-state index contributed by atoms with van der Waals surface area (Å²) in [5.74, 6) is 0.344. The molecule has 1 saturated heterocycles. The number of halogens is 1. The predicted molar refractivity (Wildman–Crippen MR) is 126 cm³/mol. The molecule has 0 saturated carbocycles. The molecule has 2 aromatic rings. The number of nitrogens with zero attached hydrogens (tertiary/aromatic N) is 2. The number of hydrogen-bond acceptors (Lipinski definition) is 4. The van der Waals surface area contributed by atoms with Crippen LogP contribution in [0.15, 0.2) is 47.4 Å². The second-order valence-corrected chi connectivity index (χ2v) is 10.0. The third kappa shape index (κ3) is 6.14. The molecular weight excluding hydrogens is 402 g/mol. The van der Waals surface area contributed by atoms with Crippen molar-refractivity contribution in [1.29, 1.82) is 0 Å². The molecule has 0 radical (unpaired) electrons. The molecule has 0 aromatic heterocycles. The third-order valence-corrected chi connectivity index (χ3v) is 6.41. The summed E-state index contributed by atoms with van der Waals surface area (Å²) in [6.07, 6.45) is 0. The van der Waals surface area contributed by atoms with Crippen LogP contribution in [0.3, 0.4) is 0 Å². The molecule has 4 nitrogen and oxygen atoms in total. The molecule has 0 bridgehead atoms. The van der Waals surface area contributed by atoms with Crippen LogP contribution in [0.4, 0.5) is 11.4 Å². The van der Waals surface area contributed by atoms with E-state index in [0.29, 0.717) is 10.8 Å². The van der Waals surface area contributed by atoms with Gasteiger partial charge in [-0.2, -0.15) is 0 Å². The van der Waals surface area contributed by atoms with Crippen LogP contribution in [-0.2, 0) is 10.2 Å². The Balaban J connectivity index is 1.62. The monoisotopic (exact) mass is 431 g/mol. The van der Waals surface area contributed by atoms with Crippen molar-refractivity contribution in [2.24, 2.45) is 0 Å². The van der Waals surface area contributed by atoms with Crippen molar-refractivity contribution in [2.75, 3.05) is 49.2 Å². The number of piperazine rings is 1. The van der Waals surface area contributed by atoms with Crippen molar-refractivity contribution in [3.8, 4) is 0 Å². The summed E-state index contributed by atoms with van der Waals surface area (Å²) in [7, 11) is 2.13. The molecule has 1 N–H and O–H groups in total. The molecule has 1 amide bonds. The summed E-state index contributed by atoms with van der Waals surface area (Å²) in [4.78, 5) is 18.3. The molecule has 3 rings (SSSR count). The molecule has 0 unspecified atom stereocenters. The highest BCUT2D eigenvalue weighted by Gasteiger charge is 2.18. The van der Waals surface area contributed by atoms with Gasteiger partial charge in [0.2, 0.25) is 5.91 Å². The van der Waals surface area contributed by atoms with Gasteiger partial charge in [0.25, 0.3) is 0 Å². The van der Waals surface area contributed by atoms with E-state index in [1.54, 1.807) is 11.8 Å². The highest BCUT2D eigenvalue weighted by atomic mass is 35.5. The van der Waals surface area contributed by atoms with Gasteiger partial charge in [-0.1, -0.05) is 44.5 Å².